The zero-order chi connectivity index (χ0) is 8.43. The summed E-state index contributed by atoms with van der Waals surface area (Å²) in [6.07, 6.45) is 0. The summed E-state index contributed by atoms with van der Waals surface area (Å²) in [6, 6.07) is 1.30. The Labute approximate surface area is 78.3 Å². The molecule has 0 N–H and O–H groups in total. The lowest BCUT2D eigenvalue weighted by Crippen LogP contribution is -2.52. The molecular weight excluding hydrogens is 176 g/mol. The van der Waals surface area contributed by atoms with Crippen LogP contribution in [0, 0.1) is 0 Å². The van der Waals surface area contributed by atoms with Crippen molar-refractivity contribution in [3.63, 3.8) is 0 Å². The van der Waals surface area contributed by atoms with E-state index in [9.17, 15) is 0 Å². The van der Waals surface area contributed by atoms with Gasteiger partial charge in [-0.15, -0.1) is 0 Å². The molecule has 0 aliphatic carbocycles. The molecule has 0 spiro atoms. The van der Waals surface area contributed by atoms with Gasteiger partial charge in [-0.3, -0.25) is 4.90 Å². The third-order valence-corrected chi connectivity index (χ3v) is 3.66. The van der Waals surface area contributed by atoms with E-state index in [1.807, 2.05) is 0 Å². The first-order chi connectivity index (χ1) is 5.15. The van der Waals surface area contributed by atoms with E-state index in [1.165, 1.54) is 0 Å². The van der Waals surface area contributed by atoms with Crippen LogP contribution in [0.3, 0.4) is 0 Å². The Hall–Kier alpha value is 0.620. The lowest BCUT2D eigenvalue weighted by atomic mass is 10.1. The average Bonchev–Trinajstić information content (AvgIpc) is 1.99. The molecule has 66 valence electrons. The number of likely N-dealkylation sites (N-methyl/N-ethyl adjacent to an activating group) is 1. The molecule has 1 heterocycles. The summed E-state index contributed by atoms with van der Waals surface area (Å²) in [7, 11) is 3.75. The van der Waals surface area contributed by atoms with Crippen molar-refractivity contribution >= 4 is 22.6 Å². The molecular formula is C7H16N2S2. The van der Waals surface area contributed by atoms with Gasteiger partial charge in [0.25, 0.3) is 0 Å². The van der Waals surface area contributed by atoms with Crippen LogP contribution in [-0.4, -0.2) is 41.4 Å². The van der Waals surface area contributed by atoms with Crippen molar-refractivity contribution in [1.29, 1.82) is 0 Å². The van der Waals surface area contributed by atoms with Crippen molar-refractivity contribution in [3.8, 4) is 0 Å². The fourth-order valence-electron chi connectivity index (χ4n) is 1.42. The van der Waals surface area contributed by atoms with E-state index in [0.717, 1.165) is 13.1 Å². The van der Waals surface area contributed by atoms with Gasteiger partial charge in [-0.25, -0.2) is 4.31 Å². The number of hydrogen-bond acceptors (Lipinski definition) is 4. The Morgan fingerprint density at radius 3 is 2.09 bits per heavy atom. The van der Waals surface area contributed by atoms with Gasteiger partial charge in [0.15, 0.2) is 0 Å². The number of nitrogens with zero attached hydrogens (tertiary/aromatic N) is 2. The lowest BCUT2D eigenvalue weighted by Gasteiger charge is -2.40. The normalized spacial score (nSPS) is 36.0. The number of rotatable bonds is 1. The quantitative estimate of drug-likeness (QED) is 0.382. The Morgan fingerprint density at radius 2 is 1.73 bits per heavy atom. The summed E-state index contributed by atoms with van der Waals surface area (Å²) in [4.78, 5) is 2.42. The first kappa shape index (κ1) is 9.71. The van der Waals surface area contributed by atoms with Crippen molar-refractivity contribution in [2.24, 2.45) is 0 Å². The summed E-state index contributed by atoms with van der Waals surface area (Å²) in [5, 5.41) is 0. The molecule has 2 nitrogen and oxygen atoms in total. The number of hydrogen-bond donors (Lipinski definition) is 1. The van der Waals surface area contributed by atoms with Crippen LogP contribution in [0.25, 0.3) is 0 Å². The summed E-state index contributed by atoms with van der Waals surface area (Å²) >= 11 is 4.20. The molecule has 0 amide bonds. The molecule has 1 saturated heterocycles. The van der Waals surface area contributed by atoms with Crippen molar-refractivity contribution in [3.05, 3.63) is 0 Å². The van der Waals surface area contributed by atoms with Gasteiger partial charge in [0, 0.05) is 25.2 Å². The Kier molecular flexibility index (Phi) is 3.55. The maximum absolute atomic E-state index is 4.20. The predicted octanol–water partition coefficient (Wildman–Crippen LogP) is 1.50. The Bertz CT molecular complexity index is 120. The van der Waals surface area contributed by atoms with E-state index in [4.69, 9.17) is 0 Å². The van der Waals surface area contributed by atoms with Gasteiger partial charge < -0.3 is 0 Å². The van der Waals surface area contributed by atoms with Gasteiger partial charge in [0.2, 0.25) is 0 Å². The molecule has 0 radical (unpaired) electrons. The highest BCUT2D eigenvalue weighted by molar-refractivity contribution is 8.67. The minimum atomic E-state index is 0.651. The zero-order valence-corrected chi connectivity index (χ0v) is 9.03. The van der Waals surface area contributed by atoms with Crippen LogP contribution in [0.1, 0.15) is 13.8 Å². The first-order valence-electron chi connectivity index (χ1n) is 3.93. The lowest BCUT2D eigenvalue weighted by molar-refractivity contribution is 0.112. The fraction of sp³-hybridized carbons (Fsp3) is 1.00. The van der Waals surface area contributed by atoms with Crippen LogP contribution in [0.15, 0.2) is 0 Å². The second-order valence-electron chi connectivity index (χ2n) is 3.29. The molecule has 1 aliphatic rings. The molecule has 0 aromatic heterocycles. The Morgan fingerprint density at radius 1 is 1.27 bits per heavy atom. The van der Waals surface area contributed by atoms with Crippen molar-refractivity contribution in [1.82, 2.24) is 9.21 Å². The maximum Gasteiger partial charge on any atom is 0.0252 e. The molecule has 1 rings (SSSR count). The van der Waals surface area contributed by atoms with E-state index in [0.29, 0.717) is 12.1 Å². The van der Waals surface area contributed by atoms with Gasteiger partial charge in [0.1, 0.15) is 0 Å². The fourth-order valence-corrected chi connectivity index (χ4v) is 2.39. The average molecular weight is 192 g/mol. The van der Waals surface area contributed by atoms with Gasteiger partial charge in [-0.05, 0) is 31.9 Å². The highest BCUT2D eigenvalue weighted by Gasteiger charge is 2.25. The molecule has 4 heteroatoms. The summed E-state index contributed by atoms with van der Waals surface area (Å²) < 4.78 is 2.30. The molecule has 11 heavy (non-hydrogen) atoms. The van der Waals surface area contributed by atoms with E-state index in [2.05, 4.69) is 41.8 Å². The molecule has 1 aliphatic heterocycles. The molecule has 0 aromatic carbocycles. The van der Waals surface area contributed by atoms with Gasteiger partial charge >= 0.3 is 0 Å². The highest BCUT2D eigenvalue weighted by Crippen LogP contribution is 2.21. The molecule has 0 aromatic rings. The third kappa shape index (κ3) is 2.28. The minimum absolute atomic E-state index is 0.651. The van der Waals surface area contributed by atoms with Crippen molar-refractivity contribution < 1.29 is 0 Å². The summed E-state index contributed by atoms with van der Waals surface area (Å²) in [5.41, 5.74) is 0. The van der Waals surface area contributed by atoms with Crippen LogP contribution in [-0.2, 0) is 0 Å². The zero-order valence-electron chi connectivity index (χ0n) is 7.32. The predicted molar refractivity (Wildman–Crippen MR) is 54.8 cm³/mol. The topological polar surface area (TPSA) is 6.48 Å². The summed E-state index contributed by atoms with van der Waals surface area (Å²) in [6.45, 7) is 6.75. The molecule has 1 fully saturated rings. The summed E-state index contributed by atoms with van der Waals surface area (Å²) in [5.74, 6) is 0. The van der Waals surface area contributed by atoms with E-state index in [1.54, 1.807) is 11.0 Å². The van der Waals surface area contributed by atoms with Gasteiger partial charge in [0.05, 0.1) is 0 Å². The Balaban J connectivity index is 2.47. The molecule has 0 bridgehead atoms. The maximum atomic E-state index is 4.20. The SMILES string of the molecule is CC1CN(SS)CC(C)N1C. The van der Waals surface area contributed by atoms with E-state index in [-0.39, 0.29) is 0 Å². The molecule has 0 saturated carbocycles. The standard InChI is InChI=1S/C7H16N2S2/c1-6-4-9(11-10)5-7(2)8(6)3/h6-7,10H,4-5H2,1-3H3. The first-order valence-corrected chi connectivity index (χ1v) is 5.76. The van der Waals surface area contributed by atoms with Crippen LogP contribution in [0.5, 0.6) is 0 Å². The largest absolute Gasteiger partial charge is 0.298 e. The van der Waals surface area contributed by atoms with Crippen LogP contribution in [0.4, 0.5) is 0 Å². The second kappa shape index (κ2) is 4.03. The van der Waals surface area contributed by atoms with E-state index < -0.39 is 0 Å². The van der Waals surface area contributed by atoms with Crippen molar-refractivity contribution in [2.75, 3.05) is 20.1 Å². The molecule has 2 atom stereocenters. The third-order valence-electron chi connectivity index (χ3n) is 2.44. The van der Waals surface area contributed by atoms with Gasteiger partial charge in [-0.2, -0.15) is 0 Å². The minimum Gasteiger partial charge on any atom is -0.298 e. The highest BCUT2D eigenvalue weighted by atomic mass is 33.1. The van der Waals surface area contributed by atoms with Crippen molar-refractivity contribution in [2.45, 2.75) is 25.9 Å². The van der Waals surface area contributed by atoms with Gasteiger partial charge in [-0.1, -0.05) is 11.7 Å². The smallest absolute Gasteiger partial charge is 0.0252 e. The van der Waals surface area contributed by atoms with E-state index >= 15 is 0 Å². The number of thiol groups is 1. The second-order valence-corrected chi connectivity index (χ2v) is 4.46. The number of piperazine rings is 1. The van der Waals surface area contributed by atoms with Crippen LogP contribution in [0.2, 0.25) is 0 Å². The molecule has 2 unspecified atom stereocenters. The monoisotopic (exact) mass is 192 g/mol. The van der Waals surface area contributed by atoms with Crippen LogP contribution < -0.4 is 0 Å². The van der Waals surface area contributed by atoms with Crippen LogP contribution >= 0.6 is 22.6 Å².